The number of halogens is 6. The average molecular weight is 502 g/mol. The molecule has 0 bridgehead atoms. The van der Waals surface area contributed by atoms with Crippen LogP contribution in [0.1, 0.15) is 34.5 Å². The second-order valence-corrected chi connectivity index (χ2v) is 7.41. The van der Waals surface area contributed by atoms with Gasteiger partial charge in [0, 0.05) is 28.5 Å². The lowest BCUT2D eigenvalue weighted by Gasteiger charge is -2.18. The molecule has 0 spiro atoms. The van der Waals surface area contributed by atoms with Crippen molar-refractivity contribution in [2.75, 3.05) is 0 Å². The molecule has 0 aliphatic rings. The zero-order chi connectivity index (χ0) is 22.9. The summed E-state index contributed by atoms with van der Waals surface area (Å²) in [6.45, 7) is 1.31. The number of nitrogens with one attached hydrogen (secondary N) is 1. The van der Waals surface area contributed by atoms with Crippen LogP contribution in [0.25, 0.3) is 5.69 Å². The van der Waals surface area contributed by atoms with Crippen LogP contribution in [0.3, 0.4) is 0 Å². The zero-order valence-electron chi connectivity index (χ0n) is 15.7. The van der Waals surface area contributed by atoms with Gasteiger partial charge in [0.2, 0.25) is 5.95 Å². The summed E-state index contributed by atoms with van der Waals surface area (Å²) in [6, 6.07) is 5.10. The largest absolute Gasteiger partial charge is 0.419 e. The minimum atomic E-state index is -4.89. The van der Waals surface area contributed by atoms with E-state index in [1.807, 2.05) is 0 Å². The molecule has 2 aromatic heterocycles. The molecular weight excluding hydrogens is 489 g/mol. The predicted octanol–water partition coefficient (Wildman–Crippen LogP) is 4.78. The molecule has 1 amide bonds. The van der Waals surface area contributed by atoms with E-state index in [2.05, 4.69) is 26.2 Å². The van der Waals surface area contributed by atoms with Crippen LogP contribution in [0, 0.1) is 11.8 Å². The van der Waals surface area contributed by atoms with Crippen LogP contribution >= 0.6 is 15.9 Å². The standard InChI is InChI=1S/C20H13BrF5N3O2/c1-10(13-3-2-4-14(17(13)22)20(24,25)26)28-19(31)11-5-6-16(30)29(9-11)15-7-12(21)8-27-18(15)23/h2-10H,1H3,(H,28,31)/t10-/m1/s1. The molecule has 0 unspecified atom stereocenters. The highest BCUT2D eigenvalue weighted by Gasteiger charge is 2.35. The van der Waals surface area contributed by atoms with Gasteiger partial charge >= 0.3 is 6.18 Å². The van der Waals surface area contributed by atoms with Crippen molar-refractivity contribution in [1.82, 2.24) is 14.9 Å². The molecule has 11 heteroatoms. The fourth-order valence-corrected chi connectivity index (χ4v) is 3.17. The van der Waals surface area contributed by atoms with Gasteiger partial charge in [0.1, 0.15) is 11.5 Å². The number of nitrogens with zero attached hydrogens (tertiary/aromatic N) is 2. The van der Waals surface area contributed by atoms with Crippen molar-refractivity contribution < 1.29 is 26.7 Å². The van der Waals surface area contributed by atoms with E-state index in [4.69, 9.17) is 0 Å². The van der Waals surface area contributed by atoms with Crippen molar-refractivity contribution in [2.24, 2.45) is 0 Å². The summed E-state index contributed by atoms with van der Waals surface area (Å²) in [4.78, 5) is 28.2. The van der Waals surface area contributed by atoms with E-state index in [9.17, 15) is 31.5 Å². The van der Waals surface area contributed by atoms with E-state index in [0.29, 0.717) is 10.5 Å². The lowest BCUT2D eigenvalue weighted by atomic mass is 10.0. The van der Waals surface area contributed by atoms with Crippen LogP contribution in [0.4, 0.5) is 22.0 Å². The lowest BCUT2D eigenvalue weighted by Crippen LogP contribution is -2.29. The lowest BCUT2D eigenvalue weighted by molar-refractivity contribution is -0.140. The first-order valence-electron chi connectivity index (χ1n) is 8.69. The first-order chi connectivity index (χ1) is 14.5. The molecular formula is C20H13BrF5N3O2. The van der Waals surface area contributed by atoms with Gasteiger partial charge < -0.3 is 5.32 Å². The molecule has 1 atom stereocenters. The fraction of sp³-hybridized carbons (Fsp3) is 0.150. The van der Waals surface area contributed by atoms with Crippen LogP contribution in [0.2, 0.25) is 0 Å². The highest BCUT2D eigenvalue weighted by atomic mass is 79.9. The Balaban J connectivity index is 1.91. The van der Waals surface area contributed by atoms with Crippen molar-refractivity contribution >= 4 is 21.8 Å². The molecule has 31 heavy (non-hydrogen) atoms. The summed E-state index contributed by atoms with van der Waals surface area (Å²) in [5.41, 5.74) is -2.77. The van der Waals surface area contributed by atoms with Gasteiger partial charge in [-0.2, -0.15) is 17.6 Å². The van der Waals surface area contributed by atoms with Gasteiger partial charge in [0.05, 0.1) is 17.2 Å². The van der Waals surface area contributed by atoms with Gasteiger partial charge in [-0.1, -0.05) is 12.1 Å². The Morgan fingerprint density at radius 3 is 2.58 bits per heavy atom. The topological polar surface area (TPSA) is 64.0 Å². The Hall–Kier alpha value is -3.08. The van der Waals surface area contributed by atoms with E-state index in [1.54, 1.807) is 0 Å². The van der Waals surface area contributed by atoms with Crippen LogP contribution in [0.15, 0.2) is 58.1 Å². The van der Waals surface area contributed by atoms with Gasteiger partial charge in [-0.25, -0.2) is 9.37 Å². The second kappa shape index (κ2) is 8.58. The summed E-state index contributed by atoms with van der Waals surface area (Å²) >= 11 is 3.11. The number of carbonyl (C=O) groups excluding carboxylic acids is 1. The molecule has 0 aliphatic carbocycles. The SMILES string of the molecule is C[C@@H](NC(=O)c1ccc(=O)n(-c2cc(Br)cnc2F)c1)c1cccc(C(F)(F)F)c1F. The third-order valence-electron chi connectivity index (χ3n) is 4.37. The maximum absolute atomic E-state index is 14.3. The minimum absolute atomic E-state index is 0.0989. The van der Waals surface area contributed by atoms with Crippen molar-refractivity contribution in [3.63, 3.8) is 0 Å². The first kappa shape index (κ1) is 22.6. The second-order valence-electron chi connectivity index (χ2n) is 6.49. The Kier molecular flexibility index (Phi) is 6.25. The highest BCUT2D eigenvalue weighted by Crippen LogP contribution is 2.33. The van der Waals surface area contributed by atoms with Gasteiger partial charge in [-0.05, 0) is 41.1 Å². The number of hydrogen-bond donors (Lipinski definition) is 1. The van der Waals surface area contributed by atoms with Crippen molar-refractivity contribution in [3.05, 3.63) is 92.1 Å². The van der Waals surface area contributed by atoms with E-state index >= 15 is 0 Å². The van der Waals surface area contributed by atoms with Crippen LogP contribution < -0.4 is 10.9 Å². The van der Waals surface area contributed by atoms with Crippen molar-refractivity contribution in [1.29, 1.82) is 0 Å². The zero-order valence-corrected chi connectivity index (χ0v) is 17.3. The molecule has 5 nitrogen and oxygen atoms in total. The molecule has 2 heterocycles. The van der Waals surface area contributed by atoms with Gasteiger partial charge in [0.15, 0.2) is 0 Å². The Morgan fingerprint density at radius 1 is 1.19 bits per heavy atom. The summed E-state index contributed by atoms with van der Waals surface area (Å²) < 4.78 is 68.4. The van der Waals surface area contributed by atoms with Crippen molar-refractivity contribution in [3.8, 4) is 5.69 Å². The third kappa shape index (κ3) is 4.82. The predicted molar refractivity (Wildman–Crippen MR) is 105 cm³/mol. The number of amides is 1. The molecule has 0 fully saturated rings. The number of pyridine rings is 2. The molecule has 3 rings (SSSR count). The average Bonchev–Trinajstić information content (AvgIpc) is 2.69. The number of carbonyl (C=O) groups is 1. The maximum atomic E-state index is 14.3. The maximum Gasteiger partial charge on any atom is 0.419 e. The van der Waals surface area contributed by atoms with Crippen LogP contribution in [-0.2, 0) is 6.18 Å². The Morgan fingerprint density at radius 2 is 1.90 bits per heavy atom. The van der Waals surface area contributed by atoms with Crippen molar-refractivity contribution in [2.45, 2.75) is 19.1 Å². The number of hydrogen-bond acceptors (Lipinski definition) is 3. The third-order valence-corrected chi connectivity index (χ3v) is 4.80. The Labute approximate surface area is 180 Å². The summed E-state index contributed by atoms with van der Waals surface area (Å²) in [7, 11) is 0. The Bertz CT molecular complexity index is 1210. The van der Waals surface area contributed by atoms with E-state index in [-0.39, 0.29) is 16.8 Å². The summed E-state index contributed by atoms with van der Waals surface area (Å²) in [6.07, 6.45) is -2.65. The fourth-order valence-electron chi connectivity index (χ4n) is 2.85. The number of alkyl halides is 3. The monoisotopic (exact) mass is 501 g/mol. The van der Waals surface area contributed by atoms with Gasteiger partial charge in [-0.3, -0.25) is 14.2 Å². The molecule has 1 N–H and O–H groups in total. The quantitative estimate of drug-likeness (QED) is 0.413. The van der Waals surface area contributed by atoms with Crippen LogP contribution in [-0.4, -0.2) is 15.5 Å². The van der Waals surface area contributed by atoms with E-state index in [0.717, 1.165) is 35.0 Å². The van der Waals surface area contributed by atoms with Gasteiger partial charge in [0.25, 0.3) is 11.5 Å². The minimum Gasteiger partial charge on any atom is -0.345 e. The molecule has 0 saturated carbocycles. The normalized spacial score (nSPS) is 12.5. The van der Waals surface area contributed by atoms with Gasteiger partial charge in [-0.15, -0.1) is 0 Å². The summed E-state index contributed by atoms with van der Waals surface area (Å²) in [5.74, 6) is -3.25. The van der Waals surface area contributed by atoms with E-state index < -0.39 is 41.0 Å². The summed E-state index contributed by atoms with van der Waals surface area (Å²) in [5, 5.41) is 2.38. The number of rotatable bonds is 4. The smallest absolute Gasteiger partial charge is 0.345 e. The molecule has 0 aliphatic heterocycles. The number of benzene rings is 1. The molecule has 162 valence electrons. The molecule has 0 radical (unpaired) electrons. The van der Waals surface area contributed by atoms with Crippen LogP contribution in [0.5, 0.6) is 0 Å². The van der Waals surface area contributed by atoms with E-state index in [1.165, 1.54) is 19.2 Å². The number of aromatic nitrogens is 2. The first-order valence-corrected chi connectivity index (χ1v) is 9.49. The molecule has 3 aromatic rings. The highest BCUT2D eigenvalue weighted by molar-refractivity contribution is 9.10. The molecule has 1 aromatic carbocycles. The molecule has 0 saturated heterocycles.